The summed E-state index contributed by atoms with van der Waals surface area (Å²) in [5, 5.41) is 42.5. The van der Waals surface area contributed by atoms with Gasteiger partial charge in [0.05, 0.1) is 0 Å². The zero-order valence-corrected chi connectivity index (χ0v) is 24.5. The van der Waals surface area contributed by atoms with Crippen LogP contribution in [0.2, 0.25) is 0 Å². The molecule has 0 aromatic heterocycles. The molecule has 0 aliphatic heterocycles. The minimum atomic E-state index is -6.33. The van der Waals surface area contributed by atoms with Crippen LogP contribution in [0.3, 0.4) is 0 Å². The molecule has 0 aliphatic rings. The smallest absolute Gasteiger partial charge is 1.00 e. The molecule has 64 valence electrons. The van der Waals surface area contributed by atoms with Crippen LogP contribution in [0.25, 0.3) is 0 Å². The molecule has 0 rings (SSSR count). The Hall–Kier alpha value is 4.91. The van der Waals surface area contributed by atoms with E-state index in [0.717, 1.165) is 23.3 Å². The van der Waals surface area contributed by atoms with Crippen molar-refractivity contribution >= 4 is 9.69 Å². The summed E-state index contributed by atoms with van der Waals surface area (Å²) in [6, 6.07) is 0. The fraction of sp³-hybridized carbons (Fsp3) is 0. The van der Waals surface area contributed by atoms with Gasteiger partial charge in [-0.1, -0.05) is 0 Å². The minimum Gasteiger partial charge on any atom is 1.00 e. The predicted molar refractivity (Wildman–Crippen MR) is 33.9 cm³/mol. The molecular weight excluding hydrogens is 423 g/mol. The van der Waals surface area contributed by atoms with Crippen LogP contribution >= 0.6 is 9.69 Å². The Morgan fingerprint density at radius 3 is 0.688 bits per heavy atom. The molecule has 11 heteroatoms. The van der Waals surface area contributed by atoms with Gasteiger partial charge < -0.3 is 0 Å². The fourth-order valence-electron chi connectivity index (χ4n) is 0.177. The molecule has 0 bridgehead atoms. The number of nitriles is 5. The molecule has 0 aromatic rings. The van der Waals surface area contributed by atoms with E-state index in [-0.39, 0.29) is 206 Å². The first-order valence-corrected chi connectivity index (χ1v) is 8.72. The Morgan fingerprint density at radius 2 is 0.688 bits per heavy atom. The predicted octanol–water partition coefficient (Wildman–Crippen LogP) is -11.2. The van der Waals surface area contributed by atoms with Crippen LogP contribution in [0.1, 0.15) is 0 Å². The van der Waals surface area contributed by atoms with Crippen LogP contribution in [0, 0.1) is 49.6 Å². The van der Waals surface area contributed by atoms with Gasteiger partial charge in [-0.3, -0.25) is 0 Å². The van der Waals surface area contributed by atoms with Crippen molar-refractivity contribution in [1.29, 1.82) is 26.3 Å². The fourth-order valence-corrected chi connectivity index (χ4v) is 1.05. The average molecular weight is 423 g/mol. The van der Waals surface area contributed by atoms with E-state index in [0.29, 0.717) is 0 Å². The summed E-state index contributed by atoms with van der Waals surface area (Å²) >= 11 is -6.33. The standard InChI is InChI=1S/5CN.ClH.4K.Ru/c5*1-2;;;;;;/h;;;;;1H;;;;;/q;;;;;;4*+1;-3/p-1. The maximum absolute atomic E-state index is 8.49. The van der Waals surface area contributed by atoms with Gasteiger partial charge in [0.2, 0.25) is 0 Å². The van der Waals surface area contributed by atoms with Gasteiger partial charge in [-0.15, -0.1) is 0 Å². The van der Waals surface area contributed by atoms with Crippen LogP contribution in [-0.2, 0) is 11.4 Å². The number of nitrogens with zero attached hydrogens (tertiary/aromatic N) is 5. The van der Waals surface area contributed by atoms with E-state index in [1.807, 2.05) is 0 Å². The van der Waals surface area contributed by atoms with Gasteiger partial charge in [0.15, 0.2) is 0 Å². The van der Waals surface area contributed by atoms with Crippen molar-refractivity contribution in [2.75, 3.05) is 0 Å². The Morgan fingerprint density at radius 1 is 0.562 bits per heavy atom. The van der Waals surface area contributed by atoms with Gasteiger partial charge in [-0.25, -0.2) is 0 Å². The van der Waals surface area contributed by atoms with Crippen molar-refractivity contribution in [1.82, 2.24) is 0 Å². The summed E-state index contributed by atoms with van der Waals surface area (Å²) in [6.45, 7) is 0. The van der Waals surface area contributed by atoms with Crippen LogP contribution in [0.5, 0.6) is 0 Å². The van der Waals surface area contributed by atoms with Crippen molar-refractivity contribution in [3.63, 3.8) is 0 Å². The van der Waals surface area contributed by atoms with Gasteiger partial charge in [0.25, 0.3) is 0 Å². The molecule has 0 amide bonds. The Balaban J connectivity index is -0.000000101. The molecule has 0 radical (unpaired) electrons. The minimum absolute atomic E-state index is 0. The van der Waals surface area contributed by atoms with Crippen molar-refractivity contribution in [2.24, 2.45) is 0 Å². The quantitative estimate of drug-likeness (QED) is 0.359. The molecule has 0 spiro atoms. The van der Waals surface area contributed by atoms with Gasteiger partial charge in [-0.2, -0.15) is 0 Å². The second-order valence-electron chi connectivity index (χ2n) is 1.61. The molecule has 0 aromatic carbocycles. The van der Waals surface area contributed by atoms with Crippen molar-refractivity contribution in [3.8, 4) is 23.3 Å². The monoisotopic (exact) mass is 423 g/mol. The van der Waals surface area contributed by atoms with Gasteiger partial charge >= 0.3 is 276 Å². The summed E-state index contributed by atoms with van der Waals surface area (Å²) in [5.41, 5.74) is 0. The Bertz CT molecular complexity index is 365. The normalized spacial score (nSPS) is 10.8. The molecular formula is C5ClK4N5Ru. The molecule has 0 heterocycles. The SMILES string of the molecule is N#[C][Ru-4]([Cl])([C]#N)([C]#N)([C]#N)[C]#N.[K+].[K+].[K+].[K+]. The first-order chi connectivity index (χ1) is 5.39. The molecule has 0 fully saturated rings. The van der Waals surface area contributed by atoms with Crippen molar-refractivity contribution in [3.05, 3.63) is 0 Å². The van der Waals surface area contributed by atoms with Crippen LogP contribution in [-0.4, -0.2) is 0 Å². The molecule has 0 atom stereocenters. The van der Waals surface area contributed by atoms with Crippen molar-refractivity contribution in [2.45, 2.75) is 0 Å². The van der Waals surface area contributed by atoms with Crippen molar-refractivity contribution < 1.29 is 217 Å². The molecule has 0 saturated heterocycles. The largest absolute Gasteiger partial charge is 1.00 e. The first kappa shape index (κ1) is 32.7. The summed E-state index contributed by atoms with van der Waals surface area (Å²) in [4.78, 5) is 0. The number of rotatable bonds is 0. The second-order valence-corrected chi connectivity index (χ2v) is 13.5. The summed E-state index contributed by atoms with van der Waals surface area (Å²) in [5.74, 6) is 0. The summed E-state index contributed by atoms with van der Waals surface area (Å²) < 4.78 is 5.50. The molecule has 0 N–H and O–H groups in total. The van der Waals surface area contributed by atoms with E-state index in [4.69, 9.17) is 36.0 Å². The number of hydrogen-bond acceptors (Lipinski definition) is 5. The second kappa shape index (κ2) is 11.5. The molecule has 16 heavy (non-hydrogen) atoms. The van der Waals surface area contributed by atoms with Crippen LogP contribution in [0.4, 0.5) is 0 Å². The third kappa shape index (κ3) is 6.78. The number of halogens is 1. The summed E-state index contributed by atoms with van der Waals surface area (Å²) in [6.07, 6.45) is 0. The van der Waals surface area contributed by atoms with Crippen LogP contribution < -0.4 is 206 Å². The average Bonchev–Trinajstić information content (AvgIpc) is 2.19. The zero-order chi connectivity index (χ0) is 9.94. The third-order valence-electron chi connectivity index (χ3n) is 0.940. The van der Waals surface area contributed by atoms with Gasteiger partial charge in [0.1, 0.15) is 0 Å². The van der Waals surface area contributed by atoms with E-state index >= 15 is 0 Å². The van der Waals surface area contributed by atoms with Gasteiger partial charge in [0, 0.05) is 0 Å². The number of hydrogen-bond donors (Lipinski definition) is 0. The van der Waals surface area contributed by atoms with Crippen LogP contribution in [0.15, 0.2) is 0 Å². The molecule has 5 nitrogen and oxygen atoms in total. The molecule has 0 aliphatic carbocycles. The molecule has 0 saturated carbocycles. The van der Waals surface area contributed by atoms with E-state index in [1.165, 1.54) is 0 Å². The van der Waals surface area contributed by atoms with E-state index in [9.17, 15) is 0 Å². The first-order valence-electron chi connectivity index (χ1n) is 2.14. The van der Waals surface area contributed by atoms with Gasteiger partial charge in [-0.05, 0) is 0 Å². The Labute approximate surface area is 267 Å². The molecule has 0 unspecified atom stereocenters. The summed E-state index contributed by atoms with van der Waals surface area (Å²) in [7, 11) is 5.35. The van der Waals surface area contributed by atoms with E-state index in [2.05, 4.69) is 0 Å². The van der Waals surface area contributed by atoms with E-state index < -0.39 is 11.4 Å². The topological polar surface area (TPSA) is 119 Å². The Kier molecular flexibility index (Phi) is 23.5. The van der Waals surface area contributed by atoms with E-state index in [1.54, 1.807) is 0 Å². The zero-order valence-electron chi connectivity index (χ0n) is 9.47. The maximum Gasteiger partial charge on any atom is 1.00 e. The maximum atomic E-state index is 8.49. The third-order valence-corrected chi connectivity index (χ3v) is 7.33.